The summed E-state index contributed by atoms with van der Waals surface area (Å²) in [6.07, 6.45) is 2.13. The van der Waals surface area contributed by atoms with Crippen molar-refractivity contribution in [2.45, 2.75) is 62.9 Å². The quantitative estimate of drug-likeness (QED) is 0.355. The zero-order valence-electron chi connectivity index (χ0n) is 17.3. The number of hydrogen-bond acceptors (Lipinski definition) is 2. The van der Waals surface area contributed by atoms with Crippen LogP contribution in [0.5, 0.6) is 0 Å². The third-order valence-electron chi connectivity index (χ3n) is 5.31. The van der Waals surface area contributed by atoms with Gasteiger partial charge < -0.3 is 0 Å². The van der Waals surface area contributed by atoms with E-state index in [0.29, 0.717) is 5.56 Å². The first kappa shape index (κ1) is 24.2. The topological polar surface area (TPSA) is 60.2 Å². The van der Waals surface area contributed by atoms with Crippen LogP contribution in [0.15, 0.2) is 53.9 Å². The number of rotatable bonds is 9. The Labute approximate surface area is 176 Å². The fourth-order valence-corrected chi connectivity index (χ4v) is 4.87. The van der Waals surface area contributed by atoms with Crippen molar-refractivity contribution in [2.24, 2.45) is 5.14 Å². The predicted octanol–water partition coefficient (Wildman–Crippen LogP) is 6.57. The van der Waals surface area contributed by atoms with E-state index in [-0.39, 0.29) is 21.9 Å². The number of sulfonamides is 1. The molecule has 3 nitrogen and oxygen atoms in total. The average Bonchev–Trinajstić information content (AvgIpc) is 2.67. The molecule has 0 aliphatic heterocycles. The lowest BCUT2D eigenvalue weighted by Gasteiger charge is -2.21. The molecule has 0 amide bonds. The summed E-state index contributed by atoms with van der Waals surface area (Å²) in [5.41, 5.74) is -0.0599. The number of unbranched alkanes of at least 4 members (excludes halogenated alkanes) is 3. The fraction of sp³-hybridized carbons (Fsp3) is 0.391. The Bertz CT molecular complexity index is 998. The van der Waals surface area contributed by atoms with Crippen LogP contribution >= 0.6 is 0 Å². The Balaban J connectivity index is 2.65. The molecule has 2 rings (SSSR count). The number of benzene rings is 2. The summed E-state index contributed by atoms with van der Waals surface area (Å²) in [7, 11) is -4.27. The van der Waals surface area contributed by atoms with Crippen LogP contribution in [-0.4, -0.2) is 8.42 Å². The maximum Gasteiger partial charge on any atom is 0.417 e. The maximum absolute atomic E-state index is 13.5. The Kier molecular flexibility index (Phi) is 7.88. The van der Waals surface area contributed by atoms with Gasteiger partial charge >= 0.3 is 6.18 Å². The molecule has 0 saturated carbocycles. The molecule has 1 unspecified atom stereocenters. The molecule has 0 fully saturated rings. The highest BCUT2D eigenvalue weighted by Gasteiger charge is 2.35. The van der Waals surface area contributed by atoms with Crippen molar-refractivity contribution < 1.29 is 21.6 Å². The molecule has 0 radical (unpaired) electrons. The SMILES string of the molecule is C=CC(CCCCCC)c1ccc(-c2ccccc2C(F)(F)F)c(S(N)(=O)=O)c1C. The summed E-state index contributed by atoms with van der Waals surface area (Å²) in [5.74, 6) is -0.103. The smallest absolute Gasteiger partial charge is 0.225 e. The zero-order chi connectivity index (χ0) is 22.5. The van der Waals surface area contributed by atoms with E-state index in [2.05, 4.69) is 13.5 Å². The summed E-state index contributed by atoms with van der Waals surface area (Å²) in [6, 6.07) is 8.04. The van der Waals surface area contributed by atoms with E-state index >= 15 is 0 Å². The molecule has 2 aromatic carbocycles. The Morgan fingerprint density at radius 3 is 2.30 bits per heavy atom. The number of primary sulfonamides is 1. The molecule has 0 aromatic heterocycles. The largest absolute Gasteiger partial charge is 0.417 e. The molecule has 1 atom stereocenters. The summed E-state index contributed by atoms with van der Waals surface area (Å²) in [5, 5.41) is 5.47. The van der Waals surface area contributed by atoms with E-state index < -0.39 is 21.8 Å². The van der Waals surface area contributed by atoms with Gasteiger partial charge in [0.2, 0.25) is 10.0 Å². The first-order valence-electron chi connectivity index (χ1n) is 9.97. The standard InChI is InChI=1S/C23H28F3NO2S/c1-4-6-7-8-11-17(5-2)18-14-15-20(22(16(18)3)30(27,28)29)19-12-9-10-13-21(19)23(24,25)26/h5,9-10,12-15,17H,2,4,6-8,11H2,1,3H3,(H2,27,28,29). The molecule has 0 saturated heterocycles. The molecule has 164 valence electrons. The summed E-state index contributed by atoms with van der Waals surface area (Å²) in [4.78, 5) is -0.267. The van der Waals surface area contributed by atoms with Gasteiger partial charge in [0.1, 0.15) is 0 Å². The number of hydrogen-bond donors (Lipinski definition) is 1. The van der Waals surface area contributed by atoms with Crippen molar-refractivity contribution in [1.29, 1.82) is 0 Å². The molecule has 7 heteroatoms. The van der Waals surface area contributed by atoms with E-state index in [1.54, 1.807) is 19.1 Å². The lowest BCUT2D eigenvalue weighted by atomic mass is 9.87. The van der Waals surface area contributed by atoms with Crippen molar-refractivity contribution in [3.05, 3.63) is 65.7 Å². The zero-order valence-corrected chi connectivity index (χ0v) is 18.1. The van der Waals surface area contributed by atoms with Crippen LogP contribution in [0.25, 0.3) is 11.1 Å². The van der Waals surface area contributed by atoms with E-state index in [0.717, 1.165) is 43.7 Å². The molecular weight excluding hydrogens is 411 g/mol. The first-order chi connectivity index (χ1) is 14.0. The van der Waals surface area contributed by atoms with Gasteiger partial charge in [0.15, 0.2) is 0 Å². The van der Waals surface area contributed by atoms with E-state index in [1.165, 1.54) is 24.3 Å². The van der Waals surface area contributed by atoms with Crippen LogP contribution in [0, 0.1) is 6.92 Å². The highest BCUT2D eigenvalue weighted by atomic mass is 32.2. The molecule has 0 aliphatic carbocycles. The predicted molar refractivity (Wildman–Crippen MR) is 115 cm³/mol. The van der Waals surface area contributed by atoms with Crippen molar-refractivity contribution >= 4 is 10.0 Å². The van der Waals surface area contributed by atoms with Gasteiger partial charge in [-0.05, 0) is 36.1 Å². The second-order valence-electron chi connectivity index (χ2n) is 7.44. The first-order valence-corrected chi connectivity index (χ1v) is 11.5. The van der Waals surface area contributed by atoms with Gasteiger partial charge in [-0.1, -0.05) is 69.0 Å². The van der Waals surface area contributed by atoms with E-state index in [4.69, 9.17) is 5.14 Å². The van der Waals surface area contributed by atoms with Crippen LogP contribution < -0.4 is 5.14 Å². The Hall–Kier alpha value is -2.12. The highest BCUT2D eigenvalue weighted by Crippen LogP contribution is 2.41. The normalized spacial score (nSPS) is 13.3. The second-order valence-corrected chi connectivity index (χ2v) is 8.93. The van der Waals surface area contributed by atoms with Gasteiger partial charge in [0.05, 0.1) is 10.5 Å². The van der Waals surface area contributed by atoms with Crippen LogP contribution in [0.4, 0.5) is 13.2 Å². The lowest BCUT2D eigenvalue weighted by Crippen LogP contribution is -2.17. The van der Waals surface area contributed by atoms with Crippen molar-refractivity contribution in [3.63, 3.8) is 0 Å². The van der Waals surface area contributed by atoms with Gasteiger partial charge in [-0.15, -0.1) is 6.58 Å². The van der Waals surface area contributed by atoms with Crippen molar-refractivity contribution in [3.8, 4) is 11.1 Å². The van der Waals surface area contributed by atoms with E-state index in [9.17, 15) is 21.6 Å². The molecule has 0 spiro atoms. The highest BCUT2D eigenvalue weighted by molar-refractivity contribution is 7.89. The second kappa shape index (κ2) is 9.79. The van der Waals surface area contributed by atoms with Gasteiger partial charge in [-0.25, -0.2) is 13.6 Å². The molecule has 2 aromatic rings. The summed E-state index contributed by atoms with van der Waals surface area (Å²) < 4.78 is 65.5. The molecule has 0 bridgehead atoms. The molecule has 30 heavy (non-hydrogen) atoms. The number of halogens is 3. The van der Waals surface area contributed by atoms with Crippen molar-refractivity contribution in [1.82, 2.24) is 0 Å². The molecule has 2 N–H and O–H groups in total. The minimum atomic E-state index is -4.62. The third-order valence-corrected chi connectivity index (χ3v) is 6.40. The molecule has 0 heterocycles. The van der Waals surface area contributed by atoms with Gasteiger partial charge in [-0.2, -0.15) is 13.2 Å². The monoisotopic (exact) mass is 439 g/mol. The fourth-order valence-electron chi connectivity index (χ4n) is 3.84. The Morgan fingerprint density at radius 1 is 1.07 bits per heavy atom. The molecule has 0 aliphatic rings. The van der Waals surface area contributed by atoms with Gasteiger partial charge in [-0.3, -0.25) is 0 Å². The maximum atomic E-state index is 13.5. The minimum absolute atomic E-state index is 0.0412. The third kappa shape index (κ3) is 5.52. The van der Waals surface area contributed by atoms with Crippen LogP contribution in [0.1, 0.15) is 61.6 Å². The number of alkyl halides is 3. The van der Waals surface area contributed by atoms with Crippen LogP contribution in [0.3, 0.4) is 0 Å². The van der Waals surface area contributed by atoms with E-state index in [1.807, 2.05) is 0 Å². The molecular formula is C23H28F3NO2S. The average molecular weight is 440 g/mol. The summed E-state index contributed by atoms with van der Waals surface area (Å²) in [6.45, 7) is 7.58. The Morgan fingerprint density at radius 2 is 1.73 bits per heavy atom. The number of nitrogens with two attached hydrogens (primary N) is 1. The summed E-state index contributed by atoms with van der Waals surface area (Å²) >= 11 is 0. The van der Waals surface area contributed by atoms with Gasteiger partial charge in [0.25, 0.3) is 0 Å². The van der Waals surface area contributed by atoms with Crippen LogP contribution in [0.2, 0.25) is 0 Å². The van der Waals surface area contributed by atoms with Gasteiger partial charge in [0, 0.05) is 11.5 Å². The number of allylic oxidation sites excluding steroid dienone is 1. The van der Waals surface area contributed by atoms with Crippen molar-refractivity contribution in [2.75, 3.05) is 0 Å². The lowest BCUT2D eigenvalue weighted by molar-refractivity contribution is -0.137. The minimum Gasteiger partial charge on any atom is -0.225 e. The van der Waals surface area contributed by atoms with Crippen LogP contribution in [-0.2, 0) is 16.2 Å².